The summed E-state index contributed by atoms with van der Waals surface area (Å²) >= 11 is 1.38. The van der Waals surface area contributed by atoms with E-state index < -0.39 is 21.8 Å². The first-order valence-corrected chi connectivity index (χ1v) is 14.0. The number of hydrogen-bond acceptors (Lipinski definition) is 6. The molecule has 0 atom stereocenters. The average molecular weight is 507 g/mol. The molecule has 3 N–H and O–H groups in total. The van der Waals surface area contributed by atoms with E-state index in [-0.39, 0.29) is 4.90 Å². The van der Waals surface area contributed by atoms with Crippen LogP contribution in [0, 0.1) is 0 Å². The van der Waals surface area contributed by atoms with E-state index in [1.54, 1.807) is 0 Å². The number of nitrogens with zero attached hydrogens (tertiary/aromatic N) is 2. The van der Waals surface area contributed by atoms with Crippen LogP contribution >= 0.6 is 11.3 Å². The van der Waals surface area contributed by atoms with Gasteiger partial charge < -0.3 is 11.1 Å². The number of nitrogens with two attached hydrogens (primary N) is 1. The van der Waals surface area contributed by atoms with Crippen LogP contribution in [-0.2, 0) is 23.0 Å². The summed E-state index contributed by atoms with van der Waals surface area (Å²) in [7, 11) is -3.62. The average Bonchev–Trinajstić information content (AvgIpc) is 3.16. The highest BCUT2D eigenvalue weighted by Crippen LogP contribution is 2.37. The molecule has 0 bridgehead atoms. The monoisotopic (exact) mass is 506 g/mol. The maximum absolute atomic E-state index is 12.9. The van der Waals surface area contributed by atoms with Crippen LogP contribution in [-0.4, -0.2) is 55.1 Å². The minimum absolute atomic E-state index is 0.153. The number of carbonyl (C=O) groups excluding carboxylic acids is 2. The van der Waals surface area contributed by atoms with Crippen LogP contribution in [0.4, 0.5) is 5.00 Å². The molecular weight excluding hydrogens is 472 g/mol. The van der Waals surface area contributed by atoms with Crippen molar-refractivity contribution in [3.8, 4) is 0 Å². The third-order valence-electron chi connectivity index (χ3n) is 6.16. The van der Waals surface area contributed by atoms with E-state index in [4.69, 9.17) is 5.73 Å². The molecule has 2 aromatic rings. The highest BCUT2D eigenvalue weighted by Gasteiger charge is 2.29. The Bertz CT molecular complexity index is 1140. The number of fused-ring (bicyclic) bond motifs is 1. The standard InChI is InChI=1S/C24H34N4O4S2/c1-5-7-13-28(6-2)34(31,32)18-10-8-17(9-11-18)23(30)26-24-21(22(25)29)19-12-14-27(16(3)4)15-20(19)33-24/h8-11,16H,5-7,12-15H2,1-4H3,(H2,25,29)(H,26,30). The Kier molecular flexibility index (Phi) is 8.51. The Labute approximate surface area is 206 Å². The van der Waals surface area contributed by atoms with Gasteiger partial charge in [0.05, 0.1) is 10.5 Å². The van der Waals surface area contributed by atoms with Gasteiger partial charge in [-0.25, -0.2) is 8.42 Å². The predicted octanol–water partition coefficient (Wildman–Crippen LogP) is 3.68. The summed E-state index contributed by atoms with van der Waals surface area (Å²) in [5.41, 5.74) is 7.27. The van der Waals surface area contributed by atoms with Gasteiger partial charge in [0.1, 0.15) is 5.00 Å². The Hall–Kier alpha value is -2.27. The van der Waals surface area contributed by atoms with E-state index in [1.807, 2.05) is 13.8 Å². The fourth-order valence-electron chi connectivity index (χ4n) is 4.10. The van der Waals surface area contributed by atoms with Crippen molar-refractivity contribution >= 4 is 38.2 Å². The van der Waals surface area contributed by atoms with Crippen LogP contribution in [0.3, 0.4) is 0 Å². The van der Waals surface area contributed by atoms with Crippen molar-refractivity contribution in [2.45, 2.75) is 64.4 Å². The molecule has 0 fully saturated rings. The summed E-state index contributed by atoms with van der Waals surface area (Å²) in [5, 5.41) is 3.28. The highest BCUT2D eigenvalue weighted by molar-refractivity contribution is 7.89. The molecule has 0 aliphatic carbocycles. The number of benzene rings is 1. The van der Waals surface area contributed by atoms with E-state index in [1.165, 1.54) is 39.9 Å². The van der Waals surface area contributed by atoms with Crippen LogP contribution in [0.15, 0.2) is 29.2 Å². The number of primary amides is 1. The lowest BCUT2D eigenvalue weighted by Gasteiger charge is -2.30. The van der Waals surface area contributed by atoms with Gasteiger partial charge in [0.25, 0.3) is 11.8 Å². The van der Waals surface area contributed by atoms with Gasteiger partial charge in [-0.1, -0.05) is 20.3 Å². The molecule has 1 aliphatic rings. The summed E-state index contributed by atoms with van der Waals surface area (Å²) in [6.07, 6.45) is 2.40. The second kappa shape index (κ2) is 11.0. The van der Waals surface area contributed by atoms with E-state index in [9.17, 15) is 18.0 Å². The van der Waals surface area contributed by atoms with Crippen molar-refractivity contribution < 1.29 is 18.0 Å². The number of hydrogen-bond donors (Lipinski definition) is 2. The van der Waals surface area contributed by atoms with Gasteiger partial charge in [-0.05, 0) is 56.5 Å². The highest BCUT2D eigenvalue weighted by atomic mass is 32.2. The van der Waals surface area contributed by atoms with Crippen LogP contribution in [0.2, 0.25) is 0 Å². The van der Waals surface area contributed by atoms with Gasteiger partial charge in [-0.3, -0.25) is 14.5 Å². The van der Waals surface area contributed by atoms with Crippen LogP contribution in [0.1, 0.15) is 71.7 Å². The molecule has 0 saturated heterocycles. The lowest BCUT2D eigenvalue weighted by atomic mass is 10.0. The molecule has 1 aliphatic heterocycles. The Morgan fingerprint density at radius 3 is 2.44 bits per heavy atom. The van der Waals surface area contributed by atoms with Crippen molar-refractivity contribution in [1.29, 1.82) is 0 Å². The number of amides is 2. The number of unbranched alkanes of at least 4 members (excludes halogenated alkanes) is 1. The van der Waals surface area contributed by atoms with Crippen molar-refractivity contribution in [1.82, 2.24) is 9.21 Å². The predicted molar refractivity (Wildman–Crippen MR) is 136 cm³/mol. The summed E-state index contributed by atoms with van der Waals surface area (Å²) in [5.74, 6) is -0.969. The minimum atomic E-state index is -3.62. The quantitative estimate of drug-likeness (QED) is 0.510. The van der Waals surface area contributed by atoms with Crippen LogP contribution in [0.5, 0.6) is 0 Å². The van der Waals surface area contributed by atoms with Crippen molar-refractivity contribution in [3.05, 3.63) is 45.8 Å². The lowest BCUT2D eigenvalue weighted by Crippen LogP contribution is -2.35. The summed E-state index contributed by atoms with van der Waals surface area (Å²) < 4.78 is 27.3. The lowest BCUT2D eigenvalue weighted by molar-refractivity contribution is 0.0999. The van der Waals surface area contributed by atoms with Gasteiger partial charge in [0.15, 0.2) is 0 Å². The molecule has 0 saturated carbocycles. The molecule has 1 aromatic carbocycles. The molecule has 0 spiro atoms. The third kappa shape index (κ3) is 5.51. The molecule has 34 heavy (non-hydrogen) atoms. The molecule has 0 radical (unpaired) electrons. The van der Waals surface area contributed by atoms with Crippen LogP contribution < -0.4 is 11.1 Å². The maximum atomic E-state index is 12.9. The normalized spacial score (nSPS) is 14.4. The number of rotatable bonds is 10. The van der Waals surface area contributed by atoms with Gasteiger partial charge in [-0.15, -0.1) is 11.3 Å². The zero-order valence-corrected chi connectivity index (χ0v) is 21.9. The Morgan fingerprint density at radius 1 is 1.21 bits per heavy atom. The molecule has 1 aromatic heterocycles. The number of thiophene rings is 1. The largest absolute Gasteiger partial charge is 0.365 e. The van der Waals surface area contributed by atoms with Crippen LogP contribution in [0.25, 0.3) is 0 Å². The molecule has 3 rings (SSSR count). The van der Waals surface area contributed by atoms with Gasteiger partial charge in [0.2, 0.25) is 10.0 Å². The smallest absolute Gasteiger partial charge is 0.256 e. The first-order chi connectivity index (χ1) is 16.1. The van der Waals surface area contributed by atoms with Crippen molar-refractivity contribution in [3.63, 3.8) is 0 Å². The molecular formula is C24H34N4O4S2. The maximum Gasteiger partial charge on any atom is 0.256 e. The minimum Gasteiger partial charge on any atom is -0.365 e. The fourth-order valence-corrected chi connectivity index (χ4v) is 6.86. The first-order valence-electron chi connectivity index (χ1n) is 11.7. The van der Waals surface area contributed by atoms with Gasteiger partial charge in [-0.2, -0.15) is 4.31 Å². The molecule has 2 amide bonds. The summed E-state index contributed by atoms with van der Waals surface area (Å²) in [6.45, 7) is 10.5. The fraction of sp³-hybridized carbons (Fsp3) is 0.500. The number of carbonyl (C=O) groups is 2. The van der Waals surface area contributed by atoms with E-state index >= 15 is 0 Å². The molecule has 10 heteroatoms. The zero-order chi connectivity index (χ0) is 25.0. The van der Waals surface area contributed by atoms with Gasteiger partial charge >= 0.3 is 0 Å². The third-order valence-corrected chi connectivity index (χ3v) is 9.28. The molecule has 2 heterocycles. The molecule has 8 nitrogen and oxygen atoms in total. The number of anilines is 1. The Morgan fingerprint density at radius 2 is 1.88 bits per heavy atom. The number of nitrogens with one attached hydrogen (secondary N) is 1. The van der Waals surface area contributed by atoms with Crippen molar-refractivity contribution in [2.75, 3.05) is 25.0 Å². The van der Waals surface area contributed by atoms with E-state index in [2.05, 4.69) is 24.1 Å². The number of sulfonamides is 1. The molecule has 0 unspecified atom stereocenters. The summed E-state index contributed by atoms with van der Waals surface area (Å²) in [6, 6.07) is 6.27. The van der Waals surface area contributed by atoms with E-state index in [0.29, 0.717) is 48.2 Å². The molecule has 186 valence electrons. The second-order valence-corrected chi connectivity index (χ2v) is 11.8. The van der Waals surface area contributed by atoms with Crippen molar-refractivity contribution in [2.24, 2.45) is 5.73 Å². The Balaban J connectivity index is 1.81. The summed E-state index contributed by atoms with van der Waals surface area (Å²) in [4.78, 5) is 28.6. The SMILES string of the molecule is CCCCN(CC)S(=O)(=O)c1ccc(C(=O)Nc2sc3c(c2C(N)=O)CCN(C(C)C)C3)cc1. The topological polar surface area (TPSA) is 113 Å². The second-order valence-electron chi connectivity index (χ2n) is 8.72. The zero-order valence-electron chi connectivity index (χ0n) is 20.3. The van der Waals surface area contributed by atoms with E-state index in [0.717, 1.165) is 29.8 Å². The van der Waals surface area contributed by atoms with Gasteiger partial charge in [0, 0.05) is 42.7 Å². The first kappa shape index (κ1) is 26.3.